The Kier molecular flexibility index (Phi) is 5.18. The van der Waals surface area contributed by atoms with E-state index >= 15 is 0 Å². The Morgan fingerprint density at radius 1 is 1.39 bits per heavy atom. The Balaban J connectivity index is 3.02. The van der Waals surface area contributed by atoms with Gasteiger partial charge in [0.1, 0.15) is 16.5 Å². The highest BCUT2D eigenvalue weighted by Crippen LogP contribution is 2.18. The first kappa shape index (κ1) is 15.0. The average Bonchev–Trinajstić information content (AvgIpc) is 2.31. The zero-order chi connectivity index (χ0) is 13.8. The van der Waals surface area contributed by atoms with Crippen LogP contribution >= 0.6 is 0 Å². The Labute approximate surface area is 105 Å². The summed E-state index contributed by atoms with van der Waals surface area (Å²) in [6.07, 6.45) is 0. The zero-order valence-electron chi connectivity index (χ0n) is 10.1. The summed E-state index contributed by atoms with van der Waals surface area (Å²) >= 11 is 0. The first-order chi connectivity index (χ1) is 8.40. The third-order valence-electron chi connectivity index (χ3n) is 2.43. The van der Waals surface area contributed by atoms with E-state index in [1.807, 2.05) is 0 Å². The van der Waals surface area contributed by atoms with Gasteiger partial charge in [-0.25, -0.2) is 17.2 Å². The van der Waals surface area contributed by atoms with E-state index in [4.69, 9.17) is 4.74 Å². The minimum absolute atomic E-state index is 0.159. The molecule has 0 bridgehead atoms. The lowest BCUT2D eigenvalue weighted by Gasteiger charge is -2.15. The van der Waals surface area contributed by atoms with E-state index in [-0.39, 0.29) is 12.4 Å². The molecular weight excluding hydrogens is 264 g/mol. The van der Waals surface area contributed by atoms with E-state index in [1.54, 1.807) is 7.05 Å². The normalized spacial score (nSPS) is 13.6. The first-order valence-electron chi connectivity index (χ1n) is 5.24. The van der Waals surface area contributed by atoms with Crippen molar-refractivity contribution in [2.24, 2.45) is 0 Å². The second-order valence-electron chi connectivity index (χ2n) is 3.80. The third-order valence-corrected chi connectivity index (χ3v) is 4.25. The molecule has 18 heavy (non-hydrogen) atoms. The van der Waals surface area contributed by atoms with E-state index in [2.05, 4.69) is 5.32 Å². The van der Waals surface area contributed by atoms with Crippen LogP contribution in [0.4, 0.5) is 8.78 Å². The van der Waals surface area contributed by atoms with Gasteiger partial charge in [0.15, 0.2) is 9.84 Å². The van der Waals surface area contributed by atoms with E-state index in [0.29, 0.717) is 6.07 Å². The van der Waals surface area contributed by atoms with Gasteiger partial charge in [-0.05, 0) is 25.2 Å². The molecule has 102 valence electrons. The zero-order valence-corrected chi connectivity index (χ0v) is 10.9. The Morgan fingerprint density at radius 3 is 2.61 bits per heavy atom. The molecule has 1 aromatic carbocycles. The van der Waals surface area contributed by atoms with Gasteiger partial charge in [-0.3, -0.25) is 0 Å². The fraction of sp³-hybridized carbons (Fsp3) is 0.455. The molecule has 0 spiro atoms. The summed E-state index contributed by atoms with van der Waals surface area (Å²) < 4.78 is 55.1. The highest BCUT2D eigenvalue weighted by molar-refractivity contribution is 7.91. The lowest BCUT2D eigenvalue weighted by atomic mass is 10.3. The molecule has 0 aromatic heterocycles. The number of sulfone groups is 1. The number of benzene rings is 1. The van der Waals surface area contributed by atoms with Gasteiger partial charge in [-0.1, -0.05) is 0 Å². The second-order valence-corrected chi connectivity index (χ2v) is 5.80. The van der Waals surface area contributed by atoms with Crippen molar-refractivity contribution in [2.45, 2.75) is 10.9 Å². The summed E-state index contributed by atoms with van der Waals surface area (Å²) in [6, 6.07) is 1.87. The second kappa shape index (κ2) is 6.21. The fourth-order valence-electron chi connectivity index (χ4n) is 1.49. The number of ether oxygens (including phenoxy) is 1. The van der Waals surface area contributed by atoms with Crippen molar-refractivity contribution in [1.29, 1.82) is 0 Å². The molecule has 0 heterocycles. The Bertz CT molecular complexity index is 505. The van der Waals surface area contributed by atoms with Crippen LogP contribution in [0.3, 0.4) is 0 Å². The predicted molar refractivity (Wildman–Crippen MR) is 63.1 cm³/mol. The van der Waals surface area contributed by atoms with Crippen LogP contribution in [0.15, 0.2) is 23.1 Å². The SMILES string of the molecule is CNC(COC)CS(=O)(=O)c1cc(F)ccc1F. The molecule has 0 aliphatic heterocycles. The molecule has 0 saturated heterocycles. The molecule has 0 aliphatic rings. The van der Waals surface area contributed by atoms with Crippen LogP contribution in [0, 0.1) is 11.6 Å². The summed E-state index contributed by atoms with van der Waals surface area (Å²) in [5.74, 6) is -2.11. The van der Waals surface area contributed by atoms with Crippen molar-refractivity contribution in [2.75, 3.05) is 26.5 Å². The molecular formula is C11H15F2NO3S. The van der Waals surface area contributed by atoms with E-state index in [9.17, 15) is 17.2 Å². The van der Waals surface area contributed by atoms with Crippen molar-refractivity contribution in [1.82, 2.24) is 5.32 Å². The Hall–Kier alpha value is -1.05. The van der Waals surface area contributed by atoms with Crippen molar-refractivity contribution in [3.05, 3.63) is 29.8 Å². The largest absolute Gasteiger partial charge is 0.383 e. The van der Waals surface area contributed by atoms with Crippen molar-refractivity contribution in [3.8, 4) is 0 Å². The number of hydrogen-bond acceptors (Lipinski definition) is 4. The van der Waals surface area contributed by atoms with Crippen LogP contribution in [0.1, 0.15) is 0 Å². The molecule has 1 atom stereocenters. The topological polar surface area (TPSA) is 55.4 Å². The van der Waals surface area contributed by atoms with Crippen molar-refractivity contribution < 1.29 is 21.9 Å². The molecule has 0 aliphatic carbocycles. The first-order valence-corrected chi connectivity index (χ1v) is 6.90. The molecule has 0 fully saturated rings. The molecule has 0 amide bonds. The standard InChI is InChI=1S/C11H15F2NO3S/c1-14-9(6-17-2)7-18(15,16)11-5-8(12)3-4-10(11)13/h3-5,9,14H,6-7H2,1-2H3. The third kappa shape index (κ3) is 3.72. The van der Waals surface area contributed by atoms with Crippen LogP contribution in [0.2, 0.25) is 0 Å². The van der Waals surface area contributed by atoms with E-state index in [1.165, 1.54) is 7.11 Å². The minimum Gasteiger partial charge on any atom is -0.383 e. The molecule has 4 nitrogen and oxygen atoms in total. The maximum Gasteiger partial charge on any atom is 0.182 e. The summed E-state index contributed by atoms with van der Waals surface area (Å²) in [6.45, 7) is 0.159. The molecule has 1 N–H and O–H groups in total. The van der Waals surface area contributed by atoms with Crippen LogP contribution in [0.5, 0.6) is 0 Å². The van der Waals surface area contributed by atoms with Crippen LogP contribution in [-0.4, -0.2) is 41.0 Å². The fourth-order valence-corrected chi connectivity index (χ4v) is 3.12. The van der Waals surface area contributed by atoms with E-state index < -0.39 is 32.4 Å². The Morgan fingerprint density at radius 2 is 2.06 bits per heavy atom. The average molecular weight is 279 g/mol. The van der Waals surface area contributed by atoms with Gasteiger partial charge in [-0.15, -0.1) is 0 Å². The van der Waals surface area contributed by atoms with Gasteiger partial charge in [0.05, 0.1) is 12.4 Å². The van der Waals surface area contributed by atoms with Gasteiger partial charge in [0.25, 0.3) is 0 Å². The summed E-state index contributed by atoms with van der Waals surface area (Å²) in [5, 5.41) is 2.74. The molecule has 0 saturated carbocycles. The molecule has 7 heteroatoms. The maximum absolute atomic E-state index is 13.4. The molecule has 1 rings (SSSR count). The lowest BCUT2D eigenvalue weighted by molar-refractivity contribution is 0.176. The molecule has 1 aromatic rings. The lowest BCUT2D eigenvalue weighted by Crippen LogP contribution is -2.37. The summed E-state index contributed by atoms with van der Waals surface area (Å²) in [7, 11) is -0.904. The number of halogens is 2. The van der Waals surface area contributed by atoms with Gasteiger partial charge in [-0.2, -0.15) is 0 Å². The maximum atomic E-state index is 13.4. The van der Waals surface area contributed by atoms with Gasteiger partial charge < -0.3 is 10.1 Å². The van der Waals surface area contributed by atoms with Gasteiger partial charge in [0, 0.05) is 13.2 Å². The number of methoxy groups -OCH3 is 1. The molecule has 0 radical (unpaired) electrons. The van der Waals surface area contributed by atoms with Crippen LogP contribution in [0.25, 0.3) is 0 Å². The number of nitrogens with one attached hydrogen (secondary N) is 1. The van der Waals surface area contributed by atoms with Crippen LogP contribution in [-0.2, 0) is 14.6 Å². The van der Waals surface area contributed by atoms with Crippen LogP contribution < -0.4 is 5.32 Å². The molecule has 1 unspecified atom stereocenters. The van der Waals surface area contributed by atoms with Gasteiger partial charge in [0.2, 0.25) is 0 Å². The summed E-state index contributed by atoms with van der Waals surface area (Å²) in [5.41, 5.74) is 0. The number of hydrogen-bond donors (Lipinski definition) is 1. The monoisotopic (exact) mass is 279 g/mol. The predicted octanol–water partition coefficient (Wildman–Crippen LogP) is 0.973. The minimum atomic E-state index is -3.90. The smallest absolute Gasteiger partial charge is 0.182 e. The summed E-state index contributed by atoms with van der Waals surface area (Å²) in [4.78, 5) is -0.626. The quantitative estimate of drug-likeness (QED) is 0.843. The number of rotatable bonds is 6. The number of likely N-dealkylation sites (N-methyl/N-ethyl adjacent to an activating group) is 1. The van der Waals surface area contributed by atoms with Gasteiger partial charge >= 0.3 is 0 Å². The van der Waals surface area contributed by atoms with Crippen molar-refractivity contribution in [3.63, 3.8) is 0 Å². The highest BCUT2D eigenvalue weighted by Gasteiger charge is 2.24. The van der Waals surface area contributed by atoms with E-state index in [0.717, 1.165) is 12.1 Å². The van der Waals surface area contributed by atoms with Crippen molar-refractivity contribution >= 4 is 9.84 Å². The highest BCUT2D eigenvalue weighted by atomic mass is 32.2.